The number of anilines is 1. The van der Waals surface area contributed by atoms with Crippen LogP contribution in [0.25, 0.3) is 11.3 Å². The van der Waals surface area contributed by atoms with Crippen LogP contribution in [-0.2, 0) is 0 Å². The Hall–Kier alpha value is -2.43. The highest BCUT2D eigenvalue weighted by atomic mass is 15.2. The molecule has 1 aromatic heterocycles. The van der Waals surface area contributed by atoms with E-state index in [9.17, 15) is 0 Å². The second kappa shape index (κ2) is 14.6. The maximum atomic E-state index is 5.45. The zero-order valence-corrected chi connectivity index (χ0v) is 27.0. The van der Waals surface area contributed by atoms with E-state index in [1.807, 2.05) is 0 Å². The third kappa shape index (κ3) is 9.54. The standard InChI is InChI=1S/C36H57N5/c1-7-9-11-13-15-28(16-14-12-10-8-2)33-40-31(27-17-19-30(20-18-27)39-34-37-21-22-38-34)23-32(41-33)29-24-35(3,4)26-36(5,6)25-29/h17-20,23,28-29H,7-16,21-22,24-26H2,1-6H3,(H2,37,38,39). The van der Waals surface area contributed by atoms with Crippen LogP contribution in [0.2, 0.25) is 0 Å². The van der Waals surface area contributed by atoms with Gasteiger partial charge in [-0.05, 0) is 61.1 Å². The minimum Gasteiger partial charge on any atom is -0.354 e. The van der Waals surface area contributed by atoms with Crippen LogP contribution in [0.3, 0.4) is 0 Å². The van der Waals surface area contributed by atoms with Crippen molar-refractivity contribution in [2.24, 2.45) is 15.8 Å². The first-order valence-corrected chi connectivity index (χ1v) is 16.7. The van der Waals surface area contributed by atoms with Crippen LogP contribution < -0.4 is 10.6 Å². The zero-order chi connectivity index (χ0) is 29.3. The summed E-state index contributed by atoms with van der Waals surface area (Å²) >= 11 is 0. The van der Waals surface area contributed by atoms with Crippen LogP contribution in [-0.4, -0.2) is 29.0 Å². The number of benzene rings is 1. The molecule has 4 rings (SSSR count). The van der Waals surface area contributed by atoms with E-state index in [1.165, 1.54) is 94.7 Å². The fraction of sp³-hybridized carbons (Fsp3) is 0.694. The van der Waals surface area contributed by atoms with Crippen molar-refractivity contribution in [3.8, 4) is 11.3 Å². The SMILES string of the molecule is CCCCCCC(CCCCCC)c1nc(-c2ccc(NC3=NCCN3)cc2)cc(C2CC(C)(C)CC(C)(C)C2)n1. The maximum absolute atomic E-state index is 5.45. The molecule has 0 spiro atoms. The highest BCUT2D eigenvalue weighted by Gasteiger charge is 2.39. The molecule has 0 radical (unpaired) electrons. The molecule has 41 heavy (non-hydrogen) atoms. The normalized spacial score (nSPS) is 18.4. The maximum Gasteiger partial charge on any atom is 0.195 e. The van der Waals surface area contributed by atoms with Crippen LogP contribution in [0, 0.1) is 10.8 Å². The Bertz CT molecular complexity index is 1090. The van der Waals surface area contributed by atoms with Gasteiger partial charge in [-0.25, -0.2) is 9.97 Å². The average molecular weight is 560 g/mol. The Morgan fingerprint density at radius 3 is 2.05 bits per heavy atom. The van der Waals surface area contributed by atoms with E-state index in [4.69, 9.17) is 9.97 Å². The summed E-state index contributed by atoms with van der Waals surface area (Å²) in [6, 6.07) is 11.0. The van der Waals surface area contributed by atoms with Gasteiger partial charge in [0.25, 0.3) is 0 Å². The summed E-state index contributed by atoms with van der Waals surface area (Å²) in [6.45, 7) is 16.1. The Labute approximate surface area is 250 Å². The second-order valence-electron chi connectivity index (χ2n) is 14.4. The second-order valence-corrected chi connectivity index (χ2v) is 14.4. The number of hydrogen-bond acceptors (Lipinski definition) is 5. The predicted molar refractivity (Wildman–Crippen MR) is 176 cm³/mol. The van der Waals surface area contributed by atoms with Gasteiger partial charge in [-0.15, -0.1) is 0 Å². The highest BCUT2D eigenvalue weighted by Crippen LogP contribution is 2.51. The summed E-state index contributed by atoms with van der Waals surface area (Å²) in [4.78, 5) is 15.3. The molecule has 0 bridgehead atoms. The number of rotatable bonds is 14. The molecule has 2 aliphatic rings. The van der Waals surface area contributed by atoms with E-state index >= 15 is 0 Å². The third-order valence-corrected chi connectivity index (χ3v) is 9.03. The van der Waals surface area contributed by atoms with Crippen molar-refractivity contribution in [1.82, 2.24) is 15.3 Å². The molecule has 0 unspecified atom stereocenters. The molecule has 2 N–H and O–H groups in total. The highest BCUT2D eigenvalue weighted by molar-refractivity contribution is 5.94. The molecule has 1 aromatic carbocycles. The monoisotopic (exact) mass is 559 g/mol. The number of hydrogen-bond donors (Lipinski definition) is 2. The van der Waals surface area contributed by atoms with Crippen molar-refractivity contribution in [1.29, 1.82) is 0 Å². The van der Waals surface area contributed by atoms with Gasteiger partial charge in [-0.3, -0.25) is 4.99 Å². The lowest BCUT2D eigenvalue weighted by Crippen LogP contribution is -2.33. The van der Waals surface area contributed by atoms with Crippen molar-refractivity contribution >= 4 is 11.6 Å². The molecule has 1 fully saturated rings. The molecule has 0 atom stereocenters. The van der Waals surface area contributed by atoms with Crippen LogP contribution in [0.4, 0.5) is 5.69 Å². The van der Waals surface area contributed by atoms with Crippen molar-refractivity contribution in [2.75, 3.05) is 18.4 Å². The first-order valence-electron chi connectivity index (χ1n) is 16.7. The third-order valence-electron chi connectivity index (χ3n) is 9.03. The lowest BCUT2D eigenvalue weighted by Gasteiger charge is -2.45. The lowest BCUT2D eigenvalue weighted by atomic mass is 9.61. The molecule has 1 saturated carbocycles. The number of guanidine groups is 1. The number of nitrogens with one attached hydrogen (secondary N) is 2. The quantitative estimate of drug-likeness (QED) is 0.226. The first kappa shape index (κ1) is 31.5. The molecule has 2 heterocycles. The molecule has 1 aliphatic carbocycles. The summed E-state index contributed by atoms with van der Waals surface area (Å²) in [5, 5.41) is 6.70. The molecule has 0 amide bonds. The largest absolute Gasteiger partial charge is 0.354 e. The number of aliphatic imine (C=N–C) groups is 1. The van der Waals surface area contributed by atoms with E-state index in [0.717, 1.165) is 36.3 Å². The van der Waals surface area contributed by atoms with Gasteiger partial charge in [0, 0.05) is 35.3 Å². The fourth-order valence-electron chi connectivity index (χ4n) is 7.46. The van der Waals surface area contributed by atoms with E-state index in [2.05, 4.69) is 87.5 Å². The average Bonchev–Trinajstić information content (AvgIpc) is 3.44. The van der Waals surface area contributed by atoms with Gasteiger partial charge < -0.3 is 10.6 Å². The summed E-state index contributed by atoms with van der Waals surface area (Å²) in [6.07, 6.45) is 16.4. The Balaban J connectivity index is 1.66. The molecule has 226 valence electrons. The van der Waals surface area contributed by atoms with Crippen molar-refractivity contribution < 1.29 is 0 Å². The number of unbranched alkanes of at least 4 members (excludes halogenated alkanes) is 6. The molecule has 1 aliphatic heterocycles. The van der Waals surface area contributed by atoms with Gasteiger partial charge in [-0.2, -0.15) is 0 Å². The van der Waals surface area contributed by atoms with Crippen LogP contribution >= 0.6 is 0 Å². The lowest BCUT2D eigenvalue weighted by molar-refractivity contribution is 0.0954. The van der Waals surface area contributed by atoms with E-state index in [-0.39, 0.29) is 0 Å². The minimum absolute atomic E-state index is 0.321. The Morgan fingerprint density at radius 1 is 0.854 bits per heavy atom. The van der Waals surface area contributed by atoms with Crippen molar-refractivity contribution in [3.63, 3.8) is 0 Å². The summed E-state index contributed by atoms with van der Waals surface area (Å²) in [7, 11) is 0. The molecule has 0 saturated heterocycles. The van der Waals surface area contributed by atoms with Gasteiger partial charge in [0.15, 0.2) is 5.96 Å². The van der Waals surface area contributed by atoms with Gasteiger partial charge in [0.05, 0.1) is 12.2 Å². The number of nitrogens with zero attached hydrogens (tertiary/aromatic N) is 3. The minimum atomic E-state index is 0.321. The summed E-state index contributed by atoms with van der Waals surface area (Å²) in [5.41, 5.74) is 5.22. The van der Waals surface area contributed by atoms with Gasteiger partial charge in [0.1, 0.15) is 5.82 Å². The Kier molecular flexibility index (Phi) is 11.3. The first-order chi connectivity index (χ1) is 19.7. The van der Waals surface area contributed by atoms with Crippen LogP contribution in [0.5, 0.6) is 0 Å². The molecule has 2 aromatic rings. The summed E-state index contributed by atoms with van der Waals surface area (Å²) < 4.78 is 0. The molecule has 5 heteroatoms. The fourth-order valence-corrected chi connectivity index (χ4v) is 7.46. The van der Waals surface area contributed by atoms with E-state index < -0.39 is 0 Å². The van der Waals surface area contributed by atoms with Crippen molar-refractivity contribution in [2.45, 2.75) is 137 Å². The molecule has 5 nitrogen and oxygen atoms in total. The van der Waals surface area contributed by atoms with Gasteiger partial charge >= 0.3 is 0 Å². The zero-order valence-electron chi connectivity index (χ0n) is 27.0. The Morgan fingerprint density at radius 2 is 1.49 bits per heavy atom. The number of aromatic nitrogens is 2. The van der Waals surface area contributed by atoms with Crippen molar-refractivity contribution in [3.05, 3.63) is 41.9 Å². The van der Waals surface area contributed by atoms with E-state index in [0.29, 0.717) is 22.7 Å². The molecular weight excluding hydrogens is 502 g/mol. The predicted octanol–water partition coefficient (Wildman–Crippen LogP) is 9.86. The smallest absolute Gasteiger partial charge is 0.195 e. The van der Waals surface area contributed by atoms with Crippen LogP contribution in [0.1, 0.15) is 148 Å². The van der Waals surface area contributed by atoms with E-state index in [1.54, 1.807) is 0 Å². The molecular formula is C36H57N5. The topological polar surface area (TPSA) is 62.2 Å². The van der Waals surface area contributed by atoms with Gasteiger partial charge in [-0.1, -0.05) is 105 Å². The van der Waals surface area contributed by atoms with Crippen LogP contribution in [0.15, 0.2) is 35.3 Å². The van der Waals surface area contributed by atoms with Gasteiger partial charge in [0.2, 0.25) is 0 Å². The summed E-state index contributed by atoms with van der Waals surface area (Å²) in [5.74, 6) is 2.88.